The topological polar surface area (TPSA) is 93.5 Å². The van der Waals surface area contributed by atoms with Crippen molar-refractivity contribution in [2.75, 3.05) is 7.05 Å². The Morgan fingerprint density at radius 3 is 2.90 bits per heavy atom. The van der Waals surface area contributed by atoms with Gasteiger partial charge in [-0.3, -0.25) is 10.1 Å². The van der Waals surface area contributed by atoms with Gasteiger partial charge in [-0.2, -0.15) is 0 Å². The minimum Gasteiger partial charge on any atom is -0.481 e. The van der Waals surface area contributed by atoms with Gasteiger partial charge >= 0.3 is 6.03 Å². The molecule has 0 heterocycles. The molecule has 0 aliphatic heterocycles. The van der Waals surface area contributed by atoms with E-state index in [1.807, 2.05) is 12.1 Å². The summed E-state index contributed by atoms with van der Waals surface area (Å²) in [7, 11) is 1.44. The van der Waals surface area contributed by atoms with E-state index >= 15 is 0 Å². The van der Waals surface area contributed by atoms with Gasteiger partial charge in [-0.15, -0.1) is 0 Å². The summed E-state index contributed by atoms with van der Waals surface area (Å²) in [5, 5.41) is 4.49. The fourth-order valence-electron chi connectivity index (χ4n) is 2.23. The lowest BCUT2D eigenvalue weighted by Gasteiger charge is -2.15. The molecule has 20 heavy (non-hydrogen) atoms. The number of rotatable bonds is 3. The SMILES string of the molecule is CNC(=O)NC(=O)C(C)Oc1ccc2c(c1)CCC2N. The van der Waals surface area contributed by atoms with E-state index in [1.54, 1.807) is 13.0 Å². The first-order chi connectivity index (χ1) is 9.51. The molecule has 0 saturated carbocycles. The van der Waals surface area contributed by atoms with Crippen LogP contribution in [0.3, 0.4) is 0 Å². The molecule has 3 amide bonds. The quantitative estimate of drug-likeness (QED) is 0.763. The molecular weight excluding hydrogens is 258 g/mol. The van der Waals surface area contributed by atoms with Gasteiger partial charge in [-0.25, -0.2) is 4.79 Å². The van der Waals surface area contributed by atoms with Gasteiger partial charge in [0.05, 0.1) is 0 Å². The number of fused-ring (bicyclic) bond motifs is 1. The summed E-state index contributed by atoms with van der Waals surface area (Å²) < 4.78 is 5.55. The average Bonchev–Trinajstić information content (AvgIpc) is 2.79. The standard InChI is InChI=1S/C14H19N3O3/c1-8(13(18)17-14(19)16-2)20-10-4-5-11-9(7-10)3-6-12(11)15/h4-5,7-8,12H,3,6,15H2,1-2H3,(H2,16,17,18,19). The molecule has 4 N–H and O–H groups in total. The van der Waals surface area contributed by atoms with Gasteiger partial charge in [0.2, 0.25) is 0 Å². The normalized spacial score (nSPS) is 18.1. The largest absolute Gasteiger partial charge is 0.481 e. The number of nitrogens with one attached hydrogen (secondary N) is 2. The number of hydrogen-bond donors (Lipinski definition) is 3. The Bertz CT molecular complexity index is 530. The van der Waals surface area contributed by atoms with Gasteiger partial charge in [0.1, 0.15) is 5.75 Å². The molecule has 1 aliphatic carbocycles. The Morgan fingerprint density at radius 2 is 2.20 bits per heavy atom. The van der Waals surface area contributed by atoms with Crippen molar-refractivity contribution in [3.05, 3.63) is 29.3 Å². The number of imide groups is 1. The smallest absolute Gasteiger partial charge is 0.321 e. The Hall–Kier alpha value is -2.08. The first kappa shape index (κ1) is 14.3. The van der Waals surface area contributed by atoms with E-state index in [4.69, 9.17) is 10.5 Å². The van der Waals surface area contributed by atoms with Gasteiger partial charge in [-0.1, -0.05) is 6.07 Å². The fourth-order valence-corrected chi connectivity index (χ4v) is 2.23. The van der Waals surface area contributed by atoms with Crippen molar-refractivity contribution in [3.8, 4) is 5.75 Å². The number of carbonyl (C=O) groups excluding carboxylic acids is 2. The van der Waals surface area contributed by atoms with E-state index in [2.05, 4.69) is 10.6 Å². The van der Waals surface area contributed by atoms with Crippen LogP contribution in [0.4, 0.5) is 4.79 Å². The summed E-state index contributed by atoms with van der Waals surface area (Å²) in [6.45, 7) is 1.59. The summed E-state index contributed by atoms with van der Waals surface area (Å²) in [4.78, 5) is 22.7. The van der Waals surface area contributed by atoms with Crippen LogP contribution in [0.5, 0.6) is 5.75 Å². The third kappa shape index (κ3) is 3.08. The summed E-state index contributed by atoms with van der Waals surface area (Å²) in [5.74, 6) is 0.124. The van der Waals surface area contributed by atoms with Gasteiger partial charge in [-0.05, 0) is 43.0 Å². The maximum Gasteiger partial charge on any atom is 0.321 e. The highest BCUT2D eigenvalue weighted by Crippen LogP contribution is 2.32. The second kappa shape index (κ2) is 5.92. The number of hydrogen-bond acceptors (Lipinski definition) is 4. The molecule has 6 nitrogen and oxygen atoms in total. The molecule has 0 bridgehead atoms. The van der Waals surface area contributed by atoms with E-state index in [0.29, 0.717) is 5.75 Å². The molecule has 2 unspecified atom stereocenters. The number of urea groups is 1. The zero-order valence-corrected chi connectivity index (χ0v) is 11.6. The predicted octanol–water partition coefficient (Wildman–Crippen LogP) is 0.855. The van der Waals surface area contributed by atoms with Crippen LogP contribution in [0.1, 0.15) is 30.5 Å². The van der Waals surface area contributed by atoms with Gasteiger partial charge in [0.15, 0.2) is 6.10 Å². The molecule has 1 aromatic carbocycles. The fraction of sp³-hybridized carbons (Fsp3) is 0.429. The van der Waals surface area contributed by atoms with Crippen molar-refractivity contribution in [1.82, 2.24) is 10.6 Å². The highest BCUT2D eigenvalue weighted by Gasteiger charge is 2.21. The summed E-state index contributed by atoms with van der Waals surface area (Å²) >= 11 is 0. The van der Waals surface area contributed by atoms with Crippen LogP contribution >= 0.6 is 0 Å². The predicted molar refractivity (Wildman–Crippen MR) is 74.4 cm³/mol. The lowest BCUT2D eigenvalue weighted by molar-refractivity contribution is -0.126. The number of ether oxygens (including phenoxy) is 1. The maximum absolute atomic E-state index is 11.7. The highest BCUT2D eigenvalue weighted by molar-refractivity contribution is 5.96. The van der Waals surface area contributed by atoms with Gasteiger partial charge in [0, 0.05) is 13.1 Å². The number of aryl methyl sites for hydroxylation is 1. The Balaban J connectivity index is 2.00. The van der Waals surface area contributed by atoms with E-state index < -0.39 is 18.0 Å². The zero-order chi connectivity index (χ0) is 14.7. The molecule has 1 aliphatic rings. The Kier molecular flexibility index (Phi) is 4.24. The number of benzene rings is 1. The van der Waals surface area contributed by atoms with Crippen LogP contribution in [0.25, 0.3) is 0 Å². The van der Waals surface area contributed by atoms with Crippen molar-refractivity contribution in [3.63, 3.8) is 0 Å². The molecule has 6 heteroatoms. The van der Waals surface area contributed by atoms with Gasteiger partial charge in [0.25, 0.3) is 5.91 Å². The second-order valence-corrected chi connectivity index (χ2v) is 4.83. The monoisotopic (exact) mass is 277 g/mol. The van der Waals surface area contributed by atoms with E-state index in [0.717, 1.165) is 24.0 Å². The van der Waals surface area contributed by atoms with Crippen LogP contribution in [0.2, 0.25) is 0 Å². The molecule has 0 saturated heterocycles. The summed E-state index contributed by atoms with van der Waals surface area (Å²) in [5.41, 5.74) is 8.27. The average molecular weight is 277 g/mol. The van der Waals surface area contributed by atoms with E-state index in [9.17, 15) is 9.59 Å². The lowest BCUT2D eigenvalue weighted by Crippen LogP contribution is -2.43. The van der Waals surface area contributed by atoms with Crippen molar-refractivity contribution < 1.29 is 14.3 Å². The number of carbonyl (C=O) groups is 2. The van der Waals surface area contributed by atoms with Crippen LogP contribution in [0, 0.1) is 0 Å². The van der Waals surface area contributed by atoms with E-state index in [1.165, 1.54) is 7.05 Å². The van der Waals surface area contributed by atoms with E-state index in [-0.39, 0.29) is 6.04 Å². The molecule has 0 radical (unpaired) electrons. The maximum atomic E-state index is 11.7. The van der Waals surface area contributed by atoms with Crippen molar-refractivity contribution in [2.24, 2.45) is 5.73 Å². The minimum absolute atomic E-state index is 0.0908. The summed E-state index contributed by atoms with van der Waals surface area (Å²) in [6.07, 6.45) is 1.11. The van der Waals surface area contributed by atoms with Crippen molar-refractivity contribution in [1.29, 1.82) is 0 Å². The molecule has 0 aromatic heterocycles. The molecular formula is C14H19N3O3. The number of amides is 3. The van der Waals surface area contributed by atoms with Crippen LogP contribution in [0.15, 0.2) is 18.2 Å². The van der Waals surface area contributed by atoms with Crippen LogP contribution in [-0.4, -0.2) is 25.1 Å². The molecule has 0 spiro atoms. The Morgan fingerprint density at radius 1 is 1.45 bits per heavy atom. The lowest BCUT2D eigenvalue weighted by atomic mass is 10.1. The number of nitrogens with two attached hydrogens (primary N) is 1. The molecule has 0 fully saturated rings. The molecule has 108 valence electrons. The van der Waals surface area contributed by atoms with Crippen molar-refractivity contribution in [2.45, 2.75) is 31.9 Å². The zero-order valence-electron chi connectivity index (χ0n) is 11.6. The van der Waals surface area contributed by atoms with Crippen LogP contribution in [-0.2, 0) is 11.2 Å². The molecule has 2 atom stereocenters. The highest BCUT2D eigenvalue weighted by atomic mass is 16.5. The third-order valence-electron chi connectivity index (χ3n) is 3.38. The Labute approximate surface area is 117 Å². The minimum atomic E-state index is -0.750. The third-order valence-corrected chi connectivity index (χ3v) is 3.38. The van der Waals surface area contributed by atoms with Gasteiger partial charge < -0.3 is 15.8 Å². The summed E-state index contributed by atoms with van der Waals surface area (Å²) in [6, 6.07) is 5.18. The second-order valence-electron chi connectivity index (χ2n) is 4.83. The molecule has 2 rings (SSSR count). The first-order valence-electron chi connectivity index (χ1n) is 6.59. The van der Waals surface area contributed by atoms with Crippen molar-refractivity contribution >= 4 is 11.9 Å². The first-order valence-corrected chi connectivity index (χ1v) is 6.59. The molecule has 1 aromatic rings. The van der Waals surface area contributed by atoms with Crippen LogP contribution < -0.4 is 21.1 Å².